The zero-order chi connectivity index (χ0) is 14.7. The summed E-state index contributed by atoms with van der Waals surface area (Å²) in [5, 5.41) is 0.787. The number of nitrogens with zero attached hydrogens (tertiary/aromatic N) is 2. The predicted octanol–water partition coefficient (Wildman–Crippen LogP) is 3.34. The summed E-state index contributed by atoms with van der Waals surface area (Å²) in [5.74, 6) is 0.528. The molecule has 0 spiro atoms. The number of halogens is 1. The van der Waals surface area contributed by atoms with Gasteiger partial charge < -0.3 is 9.80 Å². The smallest absolute Gasteiger partial charge is 0.226 e. The number of benzene rings is 1. The van der Waals surface area contributed by atoms with Gasteiger partial charge in [-0.05, 0) is 31.4 Å². The number of carbonyl (C=O) groups is 1. The highest BCUT2D eigenvalue weighted by molar-refractivity contribution is 6.33. The van der Waals surface area contributed by atoms with Crippen molar-refractivity contribution < 1.29 is 4.79 Å². The van der Waals surface area contributed by atoms with Crippen LogP contribution < -0.4 is 4.90 Å². The van der Waals surface area contributed by atoms with Gasteiger partial charge in [-0.15, -0.1) is 0 Å². The third kappa shape index (κ3) is 3.24. The molecule has 0 radical (unpaired) electrons. The van der Waals surface area contributed by atoms with Gasteiger partial charge in [-0.1, -0.05) is 35.9 Å². The van der Waals surface area contributed by atoms with Gasteiger partial charge >= 0.3 is 0 Å². The Morgan fingerprint density at radius 2 is 1.86 bits per heavy atom. The number of allylic oxidation sites excluding steroid dienone is 2. The highest BCUT2D eigenvalue weighted by atomic mass is 35.5. The first-order valence-corrected chi connectivity index (χ1v) is 8.07. The lowest BCUT2D eigenvalue weighted by molar-refractivity contribution is -0.136. The van der Waals surface area contributed by atoms with Gasteiger partial charge in [-0.3, -0.25) is 4.79 Å². The first-order chi connectivity index (χ1) is 10.3. The lowest BCUT2D eigenvalue weighted by Gasteiger charge is -2.38. The molecule has 1 atom stereocenters. The van der Waals surface area contributed by atoms with Crippen LogP contribution >= 0.6 is 11.6 Å². The topological polar surface area (TPSA) is 23.6 Å². The first-order valence-electron chi connectivity index (χ1n) is 7.69. The monoisotopic (exact) mass is 304 g/mol. The van der Waals surface area contributed by atoms with E-state index in [2.05, 4.69) is 17.1 Å². The van der Waals surface area contributed by atoms with Crippen molar-refractivity contribution in [1.29, 1.82) is 0 Å². The normalized spacial score (nSPS) is 22.4. The maximum atomic E-state index is 12.5. The Hall–Kier alpha value is -1.48. The van der Waals surface area contributed by atoms with Crippen LogP contribution in [-0.4, -0.2) is 37.0 Å². The molecule has 1 heterocycles. The molecule has 1 aliphatic heterocycles. The molecule has 1 fully saturated rings. The van der Waals surface area contributed by atoms with Crippen LogP contribution in [0.1, 0.15) is 19.3 Å². The number of anilines is 1. The molecule has 3 rings (SSSR count). The van der Waals surface area contributed by atoms with Gasteiger partial charge in [0, 0.05) is 32.1 Å². The van der Waals surface area contributed by atoms with E-state index in [1.54, 1.807) is 0 Å². The molecule has 21 heavy (non-hydrogen) atoms. The molecule has 0 bridgehead atoms. The number of hydrogen-bond donors (Lipinski definition) is 0. The van der Waals surface area contributed by atoms with Crippen molar-refractivity contribution in [3.05, 3.63) is 41.4 Å². The second kappa shape index (κ2) is 6.52. The zero-order valence-corrected chi connectivity index (χ0v) is 12.9. The Balaban J connectivity index is 1.59. The zero-order valence-electron chi connectivity index (χ0n) is 12.2. The molecule has 1 amide bonds. The van der Waals surface area contributed by atoms with E-state index < -0.39 is 0 Å². The summed E-state index contributed by atoms with van der Waals surface area (Å²) in [7, 11) is 0. The molecular formula is C17H21ClN2O. The molecule has 3 nitrogen and oxygen atoms in total. The Kier molecular flexibility index (Phi) is 4.49. The van der Waals surface area contributed by atoms with Crippen molar-refractivity contribution in [1.82, 2.24) is 4.90 Å². The Morgan fingerprint density at radius 3 is 2.52 bits per heavy atom. The maximum Gasteiger partial charge on any atom is 0.226 e. The molecule has 1 aromatic rings. The number of piperazine rings is 1. The fraction of sp³-hybridized carbons (Fsp3) is 0.471. The number of carbonyl (C=O) groups excluding carboxylic acids is 1. The average Bonchev–Trinajstić information content (AvgIpc) is 2.56. The van der Waals surface area contributed by atoms with E-state index in [0.717, 1.165) is 56.2 Å². The summed E-state index contributed by atoms with van der Waals surface area (Å²) < 4.78 is 0. The Morgan fingerprint density at radius 1 is 1.10 bits per heavy atom. The summed E-state index contributed by atoms with van der Waals surface area (Å²) in [5.41, 5.74) is 1.08. The van der Waals surface area contributed by atoms with Crippen LogP contribution in [0.15, 0.2) is 36.4 Å². The van der Waals surface area contributed by atoms with Gasteiger partial charge in [0.1, 0.15) is 0 Å². The van der Waals surface area contributed by atoms with E-state index in [1.807, 2.05) is 29.2 Å². The molecule has 1 aliphatic carbocycles. The highest BCUT2D eigenvalue weighted by Gasteiger charge is 2.27. The van der Waals surface area contributed by atoms with Gasteiger partial charge in [0.2, 0.25) is 5.91 Å². The van der Waals surface area contributed by atoms with Gasteiger partial charge in [0.15, 0.2) is 0 Å². The molecular weight excluding hydrogens is 284 g/mol. The van der Waals surface area contributed by atoms with Crippen LogP contribution in [0.4, 0.5) is 5.69 Å². The first kappa shape index (κ1) is 14.5. The van der Waals surface area contributed by atoms with E-state index in [-0.39, 0.29) is 5.92 Å². The molecule has 112 valence electrons. The molecule has 1 aromatic carbocycles. The van der Waals surface area contributed by atoms with E-state index in [0.29, 0.717) is 5.91 Å². The number of rotatable bonds is 2. The van der Waals surface area contributed by atoms with Crippen LogP contribution in [0, 0.1) is 5.92 Å². The van der Waals surface area contributed by atoms with Gasteiger partial charge in [0.25, 0.3) is 0 Å². The fourth-order valence-electron chi connectivity index (χ4n) is 3.15. The molecule has 0 aromatic heterocycles. The van der Waals surface area contributed by atoms with Crippen LogP contribution in [0.2, 0.25) is 5.02 Å². The summed E-state index contributed by atoms with van der Waals surface area (Å²) in [4.78, 5) is 16.8. The van der Waals surface area contributed by atoms with Crippen molar-refractivity contribution in [2.75, 3.05) is 31.1 Å². The van der Waals surface area contributed by atoms with Crippen LogP contribution in [0.5, 0.6) is 0 Å². The van der Waals surface area contributed by atoms with Crippen molar-refractivity contribution in [2.24, 2.45) is 5.92 Å². The Labute approximate surface area is 131 Å². The molecule has 2 aliphatic rings. The van der Waals surface area contributed by atoms with Gasteiger partial charge in [0.05, 0.1) is 10.7 Å². The summed E-state index contributed by atoms with van der Waals surface area (Å²) in [6, 6.07) is 7.92. The fourth-order valence-corrected chi connectivity index (χ4v) is 3.41. The number of amides is 1. The minimum atomic E-state index is 0.196. The van der Waals surface area contributed by atoms with Crippen LogP contribution in [-0.2, 0) is 4.79 Å². The molecule has 0 saturated carbocycles. The minimum absolute atomic E-state index is 0.196. The molecule has 1 unspecified atom stereocenters. The lowest BCUT2D eigenvalue weighted by atomic mass is 9.93. The highest BCUT2D eigenvalue weighted by Crippen LogP contribution is 2.27. The number of para-hydroxylation sites is 1. The second-order valence-electron chi connectivity index (χ2n) is 5.75. The van der Waals surface area contributed by atoms with Gasteiger partial charge in [-0.2, -0.15) is 0 Å². The van der Waals surface area contributed by atoms with E-state index in [9.17, 15) is 4.79 Å². The van der Waals surface area contributed by atoms with Crippen LogP contribution in [0.3, 0.4) is 0 Å². The third-order valence-corrected chi connectivity index (χ3v) is 4.72. The summed E-state index contributed by atoms with van der Waals surface area (Å²) in [6.07, 6.45) is 7.27. The molecule has 4 heteroatoms. The standard InChI is InChI=1S/C17H21ClN2O/c18-15-8-4-5-9-16(15)19-10-12-20(13-11-19)17(21)14-6-2-1-3-7-14/h1-2,4-5,8-9,14H,3,6-7,10-13H2. The second-order valence-corrected chi connectivity index (χ2v) is 6.15. The number of hydrogen-bond acceptors (Lipinski definition) is 2. The predicted molar refractivity (Wildman–Crippen MR) is 86.7 cm³/mol. The average molecular weight is 305 g/mol. The van der Waals surface area contributed by atoms with E-state index in [4.69, 9.17) is 11.6 Å². The summed E-state index contributed by atoms with van der Waals surface area (Å²) in [6.45, 7) is 3.31. The molecule has 1 saturated heterocycles. The lowest BCUT2D eigenvalue weighted by Crippen LogP contribution is -2.50. The third-order valence-electron chi connectivity index (χ3n) is 4.40. The van der Waals surface area contributed by atoms with Crippen molar-refractivity contribution in [3.63, 3.8) is 0 Å². The quantitative estimate of drug-likeness (QED) is 0.782. The molecule has 0 N–H and O–H groups in total. The van der Waals surface area contributed by atoms with Crippen molar-refractivity contribution >= 4 is 23.2 Å². The van der Waals surface area contributed by atoms with E-state index >= 15 is 0 Å². The van der Waals surface area contributed by atoms with Crippen LogP contribution in [0.25, 0.3) is 0 Å². The maximum absolute atomic E-state index is 12.5. The minimum Gasteiger partial charge on any atom is -0.367 e. The van der Waals surface area contributed by atoms with E-state index in [1.165, 1.54) is 0 Å². The Bertz CT molecular complexity index is 535. The largest absolute Gasteiger partial charge is 0.367 e. The van der Waals surface area contributed by atoms with Gasteiger partial charge in [-0.25, -0.2) is 0 Å². The van der Waals surface area contributed by atoms with Crippen molar-refractivity contribution in [3.8, 4) is 0 Å². The SMILES string of the molecule is O=C(C1CC=CCC1)N1CCN(c2ccccc2Cl)CC1. The summed E-state index contributed by atoms with van der Waals surface area (Å²) >= 11 is 6.25. The van der Waals surface area contributed by atoms with Crippen molar-refractivity contribution in [2.45, 2.75) is 19.3 Å².